The Morgan fingerprint density at radius 2 is 1.94 bits per heavy atom. The lowest BCUT2D eigenvalue weighted by atomic mass is 9.86. The second-order valence-corrected chi connectivity index (χ2v) is 11.0. The molecule has 2 aromatic carbocycles. The molecule has 1 aromatic heterocycles. The smallest absolute Gasteiger partial charge is 0.259 e. The van der Waals surface area contributed by atoms with Gasteiger partial charge in [-0.25, -0.2) is 22.5 Å². The van der Waals surface area contributed by atoms with Gasteiger partial charge in [-0.1, -0.05) is 30.3 Å². The number of likely N-dealkylation sites (tertiary alicyclic amines) is 1. The highest BCUT2D eigenvalue weighted by molar-refractivity contribution is 7.89. The van der Waals surface area contributed by atoms with Crippen LogP contribution < -0.4 is 9.46 Å². The van der Waals surface area contributed by atoms with Crippen LogP contribution in [0.3, 0.4) is 0 Å². The number of nitrogens with zero attached hydrogens (tertiary/aromatic N) is 3. The second kappa shape index (κ2) is 10.9. The van der Waals surface area contributed by atoms with Crippen molar-refractivity contribution < 1.29 is 17.5 Å². The Balaban J connectivity index is 0.000000221. The number of methoxy groups -OCH3 is 1. The van der Waals surface area contributed by atoms with E-state index in [2.05, 4.69) is 44.9 Å². The van der Waals surface area contributed by atoms with E-state index < -0.39 is 10.0 Å². The molecule has 2 heterocycles. The first-order chi connectivity index (χ1) is 16.8. The van der Waals surface area contributed by atoms with E-state index in [1.54, 1.807) is 24.8 Å². The van der Waals surface area contributed by atoms with E-state index in [1.807, 2.05) is 6.07 Å². The zero-order valence-corrected chi connectivity index (χ0v) is 21.3. The highest BCUT2D eigenvalue weighted by atomic mass is 32.2. The summed E-state index contributed by atoms with van der Waals surface area (Å²) in [5.41, 5.74) is 3.80. The maximum absolute atomic E-state index is 14.1. The maximum atomic E-state index is 14.1. The highest BCUT2D eigenvalue weighted by Gasteiger charge is 2.35. The number of imidazole rings is 1. The van der Waals surface area contributed by atoms with E-state index in [4.69, 9.17) is 4.74 Å². The maximum Gasteiger partial charge on any atom is 0.259 e. The van der Waals surface area contributed by atoms with Crippen molar-refractivity contribution in [1.82, 2.24) is 19.2 Å². The summed E-state index contributed by atoms with van der Waals surface area (Å²) in [5, 5.41) is 0.0440. The van der Waals surface area contributed by atoms with Crippen molar-refractivity contribution >= 4 is 10.0 Å². The fraction of sp³-hybridized carbons (Fsp3) is 0.423. The Bertz CT molecular complexity index is 1240. The van der Waals surface area contributed by atoms with Crippen LogP contribution in [0.15, 0.2) is 60.0 Å². The summed E-state index contributed by atoms with van der Waals surface area (Å²) in [6.07, 6.45) is 6.17. The molecule has 1 fully saturated rings. The van der Waals surface area contributed by atoms with Crippen LogP contribution in [0.4, 0.5) is 4.39 Å². The number of hydrogen-bond donors (Lipinski definition) is 1. The largest absolute Gasteiger partial charge is 0.494 e. The molecule has 1 saturated heterocycles. The first-order valence-electron chi connectivity index (χ1n) is 11.8. The monoisotopic (exact) mass is 500 g/mol. The second-order valence-electron chi connectivity index (χ2n) is 9.19. The molecule has 2 atom stereocenters. The van der Waals surface area contributed by atoms with Crippen molar-refractivity contribution in [2.24, 2.45) is 13.0 Å². The molecule has 9 heteroatoms. The van der Waals surface area contributed by atoms with Crippen LogP contribution in [-0.4, -0.2) is 56.7 Å². The van der Waals surface area contributed by atoms with Crippen LogP contribution in [0, 0.1) is 11.7 Å². The van der Waals surface area contributed by atoms with Gasteiger partial charge in [0.15, 0.2) is 16.6 Å². The Morgan fingerprint density at radius 1 is 1.20 bits per heavy atom. The first kappa shape index (κ1) is 25.3. The summed E-state index contributed by atoms with van der Waals surface area (Å²) in [7, 11) is 1.25. The van der Waals surface area contributed by atoms with Gasteiger partial charge in [-0.2, -0.15) is 0 Å². The third-order valence-corrected chi connectivity index (χ3v) is 8.13. The summed E-state index contributed by atoms with van der Waals surface area (Å²) < 4.78 is 45.2. The minimum Gasteiger partial charge on any atom is -0.494 e. The van der Waals surface area contributed by atoms with Crippen molar-refractivity contribution in [3.05, 3.63) is 77.5 Å². The van der Waals surface area contributed by atoms with Crippen LogP contribution in [0.25, 0.3) is 0 Å². The van der Waals surface area contributed by atoms with Gasteiger partial charge in [0.1, 0.15) is 0 Å². The predicted molar refractivity (Wildman–Crippen MR) is 134 cm³/mol. The van der Waals surface area contributed by atoms with Gasteiger partial charge in [-0.05, 0) is 80.1 Å². The van der Waals surface area contributed by atoms with Crippen molar-refractivity contribution in [2.75, 3.05) is 33.8 Å². The number of halogens is 1. The minimum atomic E-state index is -3.36. The topological polar surface area (TPSA) is 76.5 Å². The van der Waals surface area contributed by atoms with Gasteiger partial charge in [-0.3, -0.25) is 0 Å². The molecule has 0 bridgehead atoms. The summed E-state index contributed by atoms with van der Waals surface area (Å²) >= 11 is 0. The molecule has 0 saturated carbocycles. The molecular formula is C26H33FN4O3S. The predicted octanol–water partition coefficient (Wildman–Crippen LogP) is 3.37. The van der Waals surface area contributed by atoms with Gasteiger partial charge in [0.05, 0.1) is 13.4 Å². The van der Waals surface area contributed by atoms with Crippen LogP contribution in [0.2, 0.25) is 0 Å². The summed E-state index contributed by atoms with van der Waals surface area (Å²) in [6, 6.07) is 14.3. The number of rotatable bonds is 7. The average Bonchev–Trinajstić information content (AvgIpc) is 3.40. The number of hydrogen-bond acceptors (Lipinski definition) is 5. The Kier molecular flexibility index (Phi) is 7.88. The molecule has 1 aliphatic carbocycles. The summed E-state index contributed by atoms with van der Waals surface area (Å²) in [6.45, 7) is 3.54. The fourth-order valence-corrected chi connectivity index (χ4v) is 5.53. The van der Waals surface area contributed by atoms with Crippen molar-refractivity contribution in [2.45, 2.75) is 30.2 Å². The molecule has 0 spiro atoms. The van der Waals surface area contributed by atoms with Crippen molar-refractivity contribution in [1.29, 1.82) is 0 Å². The number of nitrogens with one attached hydrogen (secondary N) is 1. The van der Waals surface area contributed by atoms with E-state index in [-0.39, 0.29) is 10.8 Å². The number of ether oxygens (including phenoxy) is 1. The zero-order valence-electron chi connectivity index (χ0n) is 20.4. The zero-order chi connectivity index (χ0) is 25.0. The van der Waals surface area contributed by atoms with Gasteiger partial charge >= 0.3 is 0 Å². The third-order valence-electron chi connectivity index (χ3n) is 6.83. The number of benzene rings is 2. The number of fused-ring (bicyclic) bond motifs is 1. The molecule has 2 unspecified atom stereocenters. The molecule has 2 aliphatic rings. The molecule has 1 N–H and O–H groups in total. The van der Waals surface area contributed by atoms with E-state index in [0.29, 0.717) is 17.6 Å². The van der Waals surface area contributed by atoms with Gasteiger partial charge in [0.2, 0.25) is 0 Å². The SMILES string of the molecule is CNS(=O)(=O)c1cn(C)cn1.COc1cc2c(cc1F)CC(CN1CCC1)C2Cc1ccccc1. The molecule has 5 rings (SSSR count). The molecule has 0 radical (unpaired) electrons. The standard InChI is InChI=1S/C21H24FNO.C5H9N3O2S/c1-24-21-13-19-16(12-20(21)22)11-17(14-23-8-5-9-23)18(19)10-15-6-3-2-4-7-15;1-6-11(9,10)5-3-8(2)4-7-5/h2-4,6-7,12-13,17-18H,5,8-11,14H2,1H3;3-4,6H,1-2H3. The van der Waals surface area contributed by atoms with E-state index in [9.17, 15) is 12.8 Å². The van der Waals surface area contributed by atoms with E-state index in [0.717, 1.165) is 19.4 Å². The lowest BCUT2D eigenvalue weighted by molar-refractivity contribution is 0.145. The molecule has 3 aromatic rings. The number of aromatic nitrogens is 2. The van der Waals surface area contributed by atoms with Gasteiger partial charge < -0.3 is 14.2 Å². The molecule has 188 valence electrons. The van der Waals surface area contributed by atoms with Crippen molar-refractivity contribution in [3.8, 4) is 5.75 Å². The van der Waals surface area contributed by atoms with E-state index in [1.165, 1.54) is 55.8 Å². The van der Waals surface area contributed by atoms with Crippen LogP contribution in [0.1, 0.15) is 29.0 Å². The third kappa shape index (κ3) is 5.91. The summed E-state index contributed by atoms with van der Waals surface area (Å²) in [5.74, 6) is 1.14. The first-order valence-corrected chi connectivity index (χ1v) is 13.3. The normalized spacial score (nSPS) is 19.4. The van der Waals surface area contributed by atoms with Crippen LogP contribution in [0.5, 0.6) is 5.75 Å². The van der Waals surface area contributed by atoms with Gasteiger partial charge in [0.25, 0.3) is 10.0 Å². The molecular weight excluding hydrogens is 467 g/mol. The Labute approximate surface area is 207 Å². The molecule has 35 heavy (non-hydrogen) atoms. The van der Waals surface area contributed by atoms with Crippen LogP contribution >= 0.6 is 0 Å². The highest BCUT2D eigenvalue weighted by Crippen LogP contribution is 2.43. The number of sulfonamides is 1. The minimum absolute atomic E-state index is 0.0440. The lowest BCUT2D eigenvalue weighted by Gasteiger charge is -2.35. The Hall–Kier alpha value is -2.75. The molecule has 0 amide bonds. The van der Waals surface area contributed by atoms with Gasteiger partial charge in [-0.15, -0.1) is 0 Å². The summed E-state index contributed by atoms with van der Waals surface area (Å²) in [4.78, 5) is 6.20. The Morgan fingerprint density at radius 3 is 2.51 bits per heavy atom. The van der Waals surface area contributed by atoms with Crippen LogP contribution in [-0.2, 0) is 29.9 Å². The fourth-order valence-electron chi connectivity index (χ4n) is 4.83. The quantitative estimate of drug-likeness (QED) is 0.538. The van der Waals surface area contributed by atoms with Gasteiger partial charge in [0, 0.05) is 19.8 Å². The average molecular weight is 501 g/mol. The van der Waals surface area contributed by atoms with E-state index >= 15 is 0 Å². The lowest BCUT2D eigenvalue weighted by Crippen LogP contribution is -2.41. The van der Waals surface area contributed by atoms with Crippen molar-refractivity contribution in [3.63, 3.8) is 0 Å². The number of aryl methyl sites for hydroxylation is 1. The molecule has 1 aliphatic heterocycles. The molecule has 7 nitrogen and oxygen atoms in total.